The number of benzene rings is 2. The number of thioether (sulfide) groups is 1. The van der Waals surface area contributed by atoms with Crippen molar-refractivity contribution < 1.29 is 19.1 Å². The predicted octanol–water partition coefficient (Wildman–Crippen LogP) is 2.16. The summed E-state index contributed by atoms with van der Waals surface area (Å²) in [7, 11) is 0. The summed E-state index contributed by atoms with van der Waals surface area (Å²) in [5.41, 5.74) is 7.65. The fourth-order valence-electron chi connectivity index (χ4n) is 4.04. The van der Waals surface area contributed by atoms with Crippen LogP contribution in [-0.2, 0) is 14.4 Å². The average molecular weight is 378 g/mol. The molecule has 1 saturated heterocycles. The molecule has 0 spiro atoms. The van der Waals surface area contributed by atoms with Gasteiger partial charge in [-0.3, -0.25) is 9.59 Å². The standard InChI is InChI=1S/C20H14N2O4S/c21-17-15-13(11-8-4-5-9-12(11)26-20(15)25)14-16(27-17)19(24)22(18(14)23)10-6-2-1-3-7-10/h1-9,13-14,16H,21H2/t13-,14-,16-/m1/s1. The first-order valence-corrected chi connectivity index (χ1v) is 9.36. The third kappa shape index (κ3) is 2.18. The number of hydrogen-bond acceptors (Lipinski definition) is 6. The van der Waals surface area contributed by atoms with Crippen molar-refractivity contribution in [3.63, 3.8) is 0 Å². The van der Waals surface area contributed by atoms with E-state index in [1.807, 2.05) is 18.2 Å². The fraction of sp³-hybridized carbons (Fsp3) is 0.150. The molecule has 2 amide bonds. The summed E-state index contributed by atoms with van der Waals surface area (Å²) in [6.07, 6.45) is 0. The van der Waals surface area contributed by atoms with Crippen molar-refractivity contribution in [2.75, 3.05) is 4.90 Å². The van der Waals surface area contributed by atoms with Crippen molar-refractivity contribution in [2.45, 2.75) is 11.2 Å². The van der Waals surface area contributed by atoms with Crippen molar-refractivity contribution in [1.82, 2.24) is 0 Å². The molecule has 3 aliphatic heterocycles. The molecule has 7 heteroatoms. The zero-order valence-electron chi connectivity index (χ0n) is 14.0. The molecule has 134 valence electrons. The summed E-state index contributed by atoms with van der Waals surface area (Å²) in [5.74, 6) is -2.05. The van der Waals surface area contributed by atoms with E-state index in [-0.39, 0.29) is 22.4 Å². The molecule has 1 fully saturated rings. The summed E-state index contributed by atoms with van der Waals surface area (Å²) in [6, 6.07) is 15.9. The molecule has 6 nitrogen and oxygen atoms in total. The van der Waals surface area contributed by atoms with Crippen LogP contribution in [0.25, 0.3) is 0 Å². The molecule has 2 aromatic carbocycles. The van der Waals surface area contributed by atoms with Crippen molar-refractivity contribution >= 4 is 35.2 Å². The smallest absolute Gasteiger partial charge is 0.342 e. The number of para-hydroxylation sites is 2. The molecule has 3 heterocycles. The molecule has 0 bridgehead atoms. The van der Waals surface area contributed by atoms with Crippen LogP contribution in [0.5, 0.6) is 5.75 Å². The highest BCUT2D eigenvalue weighted by molar-refractivity contribution is 8.04. The van der Waals surface area contributed by atoms with E-state index in [0.29, 0.717) is 17.0 Å². The van der Waals surface area contributed by atoms with Gasteiger partial charge in [-0.1, -0.05) is 48.2 Å². The Kier molecular flexibility index (Phi) is 3.42. The highest BCUT2D eigenvalue weighted by atomic mass is 32.2. The van der Waals surface area contributed by atoms with E-state index in [0.717, 1.165) is 11.8 Å². The van der Waals surface area contributed by atoms with Gasteiger partial charge >= 0.3 is 5.97 Å². The number of amides is 2. The third-order valence-electron chi connectivity index (χ3n) is 5.18. The molecule has 3 atom stereocenters. The minimum absolute atomic E-state index is 0.247. The molecule has 0 unspecified atom stereocenters. The van der Waals surface area contributed by atoms with Crippen molar-refractivity contribution in [3.8, 4) is 5.75 Å². The lowest BCUT2D eigenvalue weighted by molar-refractivity contribution is -0.131. The maximum atomic E-state index is 13.3. The second kappa shape index (κ2) is 5.72. The van der Waals surface area contributed by atoms with Crippen LogP contribution in [0.4, 0.5) is 5.69 Å². The minimum atomic E-state index is -0.695. The number of nitrogens with two attached hydrogens (primary N) is 1. The van der Waals surface area contributed by atoms with Gasteiger partial charge in [0.15, 0.2) is 0 Å². The molecule has 0 radical (unpaired) electrons. The number of carbonyl (C=O) groups excluding carboxylic acids is 3. The van der Waals surface area contributed by atoms with E-state index >= 15 is 0 Å². The van der Waals surface area contributed by atoms with E-state index in [9.17, 15) is 14.4 Å². The van der Waals surface area contributed by atoms with Gasteiger partial charge in [0.2, 0.25) is 11.8 Å². The zero-order valence-corrected chi connectivity index (χ0v) is 14.8. The monoisotopic (exact) mass is 378 g/mol. The van der Waals surface area contributed by atoms with Gasteiger partial charge in [0.25, 0.3) is 0 Å². The second-order valence-corrected chi connectivity index (χ2v) is 7.78. The number of fused-ring (bicyclic) bond motifs is 5. The van der Waals surface area contributed by atoms with Crippen LogP contribution >= 0.6 is 11.8 Å². The molecule has 0 aromatic heterocycles. The molecular weight excluding hydrogens is 364 g/mol. The molecule has 2 aromatic rings. The first-order chi connectivity index (χ1) is 13.1. The molecule has 2 N–H and O–H groups in total. The van der Waals surface area contributed by atoms with Gasteiger partial charge in [0.1, 0.15) is 11.0 Å². The Labute approximate surface area is 159 Å². The van der Waals surface area contributed by atoms with Gasteiger partial charge in [-0.25, -0.2) is 9.69 Å². The highest BCUT2D eigenvalue weighted by Gasteiger charge is 2.58. The molecule has 27 heavy (non-hydrogen) atoms. The SMILES string of the molecule is NC1=C2C(=O)Oc3ccccc3[C@@H]2[C@H]2C(=O)N(c3ccccc3)C(=O)[C@@H]2S1. The van der Waals surface area contributed by atoms with E-state index < -0.39 is 23.1 Å². The van der Waals surface area contributed by atoms with Gasteiger partial charge < -0.3 is 10.5 Å². The van der Waals surface area contributed by atoms with Crippen LogP contribution < -0.4 is 15.4 Å². The van der Waals surface area contributed by atoms with Gasteiger partial charge in [-0.05, 0) is 18.2 Å². The number of rotatable bonds is 1. The molecule has 5 rings (SSSR count). The predicted molar refractivity (Wildman–Crippen MR) is 99.8 cm³/mol. The van der Waals surface area contributed by atoms with Gasteiger partial charge in [0.05, 0.1) is 22.2 Å². The third-order valence-corrected chi connectivity index (χ3v) is 6.40. The van der Waals surface area contributed by atoms with Crippen molar-refractivity contribution in [3.05, 3.63) is 70.8 Å². The Morgan fingerprint density at radius 1 is 0.926 bits per heavy atom. The fourth-order valence-corrected chi connectivity index (χ4v) is 5.27. The molecule has 0 saturated carbocycles. The van der Waals surface area contributed by atoms with Crippen LogP contribution in [0.15, 0.2) is 65.2 Å². The van der Waals surface area contributed by atoms with E-state index in [2.05, 4.69) is 0 Å². The Balaban J connectivity index is 1.68. The first kappa shape index (κ1) is 16.1. The second-order valence-electron chi connectivity index (χ2n) is 6.59. The van der Waals surface area contributed by atoms with E-state index in [1.165, 1.54) is 4.90 Å². The largest absolute Gasteiger partial charge is 0.423 e. The maximum Gasteiger partial charge on any atom is 0.342 e. The number of ether oxygens (including phenoxy) is 1. The Morgan fingerprint density at radius 2 is 1.63 bits per heavy atom. The van der Waals surface area contributed by atoms with Crippen LogP contribution in [0.2, 0.25) is 0 Å². The van der Waals surface area contributed by atoms with E-state index in [4.69, 9.17) is 10.5 Å². The van der Waals surface area contributed by atoms with Crippen LogP contribution in [0.1, 0.15) is 11.5 Å². The first-order valence-electron chi connectivity index (χ1n) is 8.48. The summed E-state index contributed by atoms with van der Waals surface area (Å²) in [5, 5.41) is -0.415. The summed E-state index contributed by atoms with van der Waals surface area (Å²) in [6.45, 7) is 0. The number of nitrogens with zero attached hydrogens (tertiary/aromatic N) is 1. The Hall–Kier alpha value is -3.06. The van der Waals surface area contributed by atoms with Crippen LogP contribution in [0, 0.1) is 5.92 Å². The number of imide groups is 1. The minimum Gasteiger partial charge on any atom is -0.423 e. The number of anilines is 1. The Morgan fingerprint density at radius 3 is 2.41 bits per heavy atom. The van der Waals surface area contributed by atoms with Crippen molar-refractivity contribution in [1.29, 1.82) is 0 Å². The summed E-state index contributed by atoms with van der Waals surface area (Å²) < 4.78 is 5.39. The van der Waals surface area contributed by atoms with E-state index in [1.54, 1.807) is 36.4 Å². The van der Waals surface area contributed by atoms with Crippen LogP contribution in [0.3, 0.4) is 0 Å². The number of esters is 1. The average Bonchev–Trinajstić information content (AvgIpc) is 2.92. The lowest BCUT2D eigenvalue weighted by atomic mass is 9.77. The summed E-state index contributed by atoms with van der Waals surface area (Å²) in [4.78, 5) is 40.1. The lowest BCUT2D eigenvalue weighted by Gasteiger charge is -2.36. The zero-order chi connectivity index (χ0) is 18.7. The molecule has 0 aliphatic carbocycles. The normalized spacial score (nSPS) is 26.4. The van der Waals surface area contributed by atoms with Crippen molar-refractivity contribution in [2.24, 2.45) is 11.7 Å². The quantitative estimate of drug-likeness (QED) is 0.465. The van der Waals surface area contributed by atoms with Gasteiger partial charge in [0, 0.05) is 11.5 Å². The number of carbonyl (C=O) groups is 3. The highest BCUT2D eigenvalue weighted by Crippen LogP contribution is 2.54. The summed E-state index contributed by atoms with van der Waals surface area (Å²) >= 11 is 1.08. The molecular formula is C20H14N2O4S. The molecule has 3 aliphatic rings. The van der Waals surface area contributed by atoms with Gasteiger partial charge in [-0.2, -0.15) is 0 Å². The van der Waals surface area contributed by atoms with Crippen LogP contribution in [-0.4, -0.2) is 23.0 Å². The topological polar surface area (TPSA) is 89.7 Å². The van der Waals surface area contributed by atoms with Gasteiger partial charge in [-0.15, -0.1) is 0 Å². The maximum absolute atomic E-state index is 13.3. The lowest BCUT2D eigenvalue weighted by Crippen LogP contribution is -2.39. The Bertz CT molecular complexity index is 1030. The number of hydrogen-bond donors (Lipinski definition) is 1.